The van der Waals surface area contributed by atoms with Crippen LogP contribution in [0.15, 0.2) is 48.5 Å². The molecule has 0 spiro atoms. The molecule has 0 bridgehead atoms. The smallest absolute Gasteiger partial charge is 0.338 e. The monoisotopic (exact) mass is 271 g/mol. The summed E-state index contributed by atoms with van der Waals surface area (Å²) in [4.78, 5) is 23.8. The molecule has 0 saturated carbocycles. The van der Waals surface area contributed by atoms with Crippen molar-refractivity contribution < 1.29 is 19.4 Å². The lowest BCUT2D eigenvalue weighted by molar-refractivity contribution is 0.0597. The molecule has 0 aliphatic heterocycles. The number of ether oxygens (including phenoxy) is 1. The first-order chi connectivity index (χ1) is 9.63. The highest BCUT2D eigenvalue weighted by Crippen LogP contribution is 2.22. The van der Waals surface area contributed by atoms with Crippen molar-refractivity contribution in [1.29, 1.82) is 0 Å². The van der Waals surface area contributed by atoms with Crippen LogP contribution in [0.25, 0.3) is 0 Å². The molecule has 0 aromatic heterocycles. The Morgan fingerprint density at radius 3 is 2.25 bits per heavy atom. The van der Waals surface area contributed by atoms with Gasteiger partial charge in [0.25, 0.3) is 5.91 Å². The lowest BCUT2D eigenvalue weighted by Gasteiger charge is -2.09. The first kappa shape index (κ1) is 13.6. The Balaban J connectivity index is 2.31. The van der Waals surface area contributed by atoms with Crippen LogP contribution in [0.1, 0.15) is 20.7 Å². The van der Waals surface area contributed by atoms with Gasteiger partial charge in [0.05, 0.1) is 23.9 Å². The Bertz CT molecular complexity index is 652. The van der Waals surface area contributed by atoms with Crippen LogP contribution < -0.4 is 5.32 Å². The van der Waals surface area contributed by atoms with Crippen molar-refractivity contribution >= 4 is 17.6 Å². The zero-order valence-electron chi connectivity index (χ0n) is 10.8. The number of methoxy groups -OCH3 is 1. The van der Waals surface area contributed by atoms with Crippen LogP contribution in [0.3, 0.4) is 0 Å². The van der Waals surface area contributed by atoms with Gasteiger partial charge in [-0.1, -0.05) is 24.3 Å². The van der Waals surface area contributed by atoms with Crippen LogP contribution in [0, 0.1) is 0 Å². The molecule has 5 heteroatoms. The third-order valence-electron chi connectivity index (χ3n) is 2.73. The maximum Gasteiger partial charge on any atom is 0.338 e. The second kappa shape index (κ2) is 5.88. The van der Waals surface area contributed by atoms with Gasteiger partial charge in [-0.25, -0.2) is 4.79 Å². The second-order valence-corrected chi connectivity index (χ2v) is 4.01. The van der Waals surface area contributed by atoms with E-state index in [-0.39, 0.29) is 22.6 Å². The van der Waals surface area contributed by atoms with Gasteiger partial charge in [0.2, 0.25) is 0 Å². The van der Waals surface area contributed by atoms with Crippen LogP contribution in [0.4, 0.5) is 5.69 Å². The topological polar surface area (TPSA) is 75.6 Å². The SMILES string of the molecule is COC(=O)c1ccccc1C(=O)Nc1ccccc1O. The predicted octanol–water partition coefficient (Wildman–Crippen LogP) is 2.43. The fourth-order valence-electron chi connectivity index (χ4n) is 1.74. The van der Waals surface area contributed by atoms with Crippen molar-refractivity contribution in [1.82, 2.24) is 0 Å². The molecule has 2 aromatic rings. The molecule has 0 aliphatic carbocycles. The lowest BCUT2D eigenvalue weighted by atomic mass is 10.1. The quantitative estimate of drug-likeness (QED) is 0.664. The highest BCUT2D eigenvalue weighted by molar-refractivity contribution is 6.11. The summed E-state index contributed by atoms with van der Waals surface area (Å²) in [5, 5.41) is 12.2. The first-order valence-electron chi connectivity index (χ1n) is 5.90. The molecule has 0 unspecified atom stereocenters. The highest BCUT2D eigenvalue weighted by Gasteiger charge is 2.17. The number of nitrogens with one attached hydrogen (secondary N) is 1. The van der Waals surface area contributed by atoms with Gasteiger partial charge >= 0.3 is 5.97 Å². The summed E-state index contributed by atoms with van der Waals surface area (Å²) in [7, 11) is 1.25. The number of carbonyl (C=O) groups is 2. The van der Waals surface area contributed by atoms with Crippen molar-refractivity contribution in [2.45, 2.75) is 0 Å². The number of carbonyl (C=O) groups excluding carboxylic acids is 2. The molecule has 0 atom stereocenters. The van der Waals surface area contributed by atoms with Gasteiger partial charge < -0.3 is 15.2 Å². The second-order valence-electron chi connectivity index (χ2n) is 4.01. The first-order valence-corrected chi connectivity index (χ1v) is 5.90. The van der Waals surface area contributed by atoms with E-state index in [2.05, 4.69) is 10.1 Å². The Morgan fingerprint density at radius 1 is 1.00 bits per heavy atom. The minimum Gasteiger partial charge on any atom is -0.506 e. The molecule has 20 heavy (non-hydrogen) atoms. The summed E-state index contributed by atoms with van der Waals surface area (Å²) in [5.41, 5.74) is 0.627. The molecule has 1 amide bonds. The summed E-state index contributed by atoms with van der Waals surface area (Å²) in [6.07, 6.45) is 0. The highest BCUT2D eigenvalue weighted by atomic mass is 16.5. The Kier molecular flexibility index (Phi) is 4.00. The average Bonchev–Trinajstić information content (AvgIpc) is 2.48. The average molecular weight is 271 g/mol. The summed E-state index contributed by atoms with van der Waals surface area (Å²) in [6, 6.07) is 12.7. The van der Waals surface area contributed by atoms with Gasteiger partial charge in [0.1, 0.15) is 5.75 Å². The van der Waals surface area contributed by atoms with Crippen molar-refractivity contribution in [2.24, 2.45) is 0 Å². The van der Waals surface area contributed by atoms with Gasteiger partial charge in [0.15, 0.2) is 0 Å². The third kappa shape index (κ3) is 2.77. The van der Waals surface area contributed by atoms with E-state index in [0.29, 0.717) is 0 Å². The standard InChI is InChI=1S/C15H13NO4/c1-20-15(19)11-7-3-2-6-10(11)14(18)16-12-8-4-5-9-13(12)17/h2-9,17H,1H3,(H,16,18). The predicted molar refractivity (Wildman–Crippen MR) is 73.8 cm³/mol. The van der Waals surface area contributed by atoms with E-state index in [1.54, 1.807) is 30.3 Å². The lowest BCUT2D eigenvalue weighted by Crippen LogP contribution is -2.17. The fraction of sp³-hybridized carbons (Fsp3) is 0.0667. The number of para-hydroxylation sites is 2. The summed E-state index contributed by atoms with van der Waals surface area (Å²) in [5.74, 6) is -1.13. The molecule has 2 aromatic carbocycles. The van der Waals surface area contributed by atoms with E-state index < -0.39 is 11.9 Å². The molecule has 2 N–H and O–H groups in total. The largest absolute Gasteiger partial charge is 0.506 e. The van der Waals surface area contributed by atoms with E-state index in [1.165, 1.54) is 25.3 Å². The molecule has 102 valence electrons. The van der Waals surface area contributed by atoms with Crippen LogP contribution in [0.2, 0.25) is 0 Å². The number of hydrogen-bond donors (Lipinski definition) is 2. The zero-order valence-corrected chi connectivity index (χ0v) is 10.8. The van der Waals surface area contributed by atoms with Crippen LogP contribution in [0.5, 0.6) is 5.75 Å². The number of benzene rings is 2. The summed E-state index contributed by atoms with van der Waals surface area (Å²) >= 11 is 0. The van der Waals surface area contributed by atoms with Gasteiger partial charge in [-0.2, -0.15) is 0 Å². The van der Waals surface area contributed by atoms with E-state index in [1.807, 2.05) is 0 Å². The molecule has 0 saturated heterocycles. The molecular formula is C15H13NO4. The third-order valence-corrected chi connectivity index (χ3v) is 2.73. The van der Waals surface area contributed by atoms with E-state index >= 15 is 0 Å². The van der Waals surface area contributed by atoms with Crippen LogP contribution in [-0.2, 0) is 4.74 Å². The van der Waals surface area contributed by atoms with Crippen LogP contribution >= 0.6 is 0 Å². The number of phenols is 1. The Morgan fingerprint density at radius 2 is 1.60 bits per heavy atom. The zero-order chi connectivity index (χ0) is 14.5. The number of esters is 1. The summed E-state index contributed by atoms with van der Waals surface area (Å²) < 4.78 is 4.63. The van der Waals surface area contributed by atoms with Gasteiger partial charge in [0, 0.05) is 0 Å². The maximum atomic E-state index is 12.2. The fourth-order valence-corrected chi connectivity index (χ4v) is 1.74. The van der Waals surface area contributed by atoms with Crippen molar-refractivity contribution in [3.05, 3.63) is 59.7 Å². The molecular weight excluding hydrogens is 258 g/mol. The number of amides is 1. The van der Waals surface area contributed by atoms with Crippen molar-refractivity contribution in [3.63, 3.8) is 0 Å². The van der Waals surface area contributed by atoms with Gasteiger partial charge in [-0.3, -0.25) is 4.79 Å². The van der Waals surface area contributed by atoms with E-state index in [0.717, 1.165) is 0 Å². The number of rotatable bonds is 3. The number of aromatic hydroxyl groups is 1. The molecule has 0 heterocycles. The number of anilines is 1. The number of hydrogen-bond acceptors (Lipinski definition) is 4. The van der Waals surface area contributed by atoms with Crippen LogP contribution in [-0.4, -0.2) is 24.1 Å². The number of phenolic OH excluding ortho intramolecular Hbond substituents is 1. The minimum absolute atomic E-state index is 0.0450. The molecule has 2 rings (SSSR count). The normalized spacial score (nSPS) is 9.85. The molecule has 0 aliphatic rings. The Hall–Kier alpha value is -2.82. The molecule has 0 radical (unpaired) electrons. The molecule has 5 nitrogen and oxygen atoms in total. The Labute approximate surface area is 115 Å². The van der Waals surface area contributed by atoms with Crippen molar-refractivity contribution in [3.8, 4) is 5.75 Å². The van der Waals surface area contributed by atoms with E-state index in [9.17, 15) is 14.7 Å². The maximum absolute atomic E-state index is 12.2. The van der Waals surface area contributed by atoms with E-state index in [4.69, 9.17) is 0 Å². The van der Waals surface area contributed by atoms with Gasteiger partial charge in [-0.05, 0) is 24.3 Å². The summed E-state index contributed by atoms with van der Waals surface area (Å²) in [6.45, 7) is 0. The molecule has 0 fully saturated rings. The minimum atomic E-state index is -0.590. The van der Waals surface area contributed by atoms with Crippen molar-refractivity contribution in [2.75, 3.05) is 12.4 Å². The van der Waals surface area contributed by atoms with Gasteiger partial charge in [-0.15, -0.1) is 0 Å².